The first-order valence-electron chi connectivity index (χ1n) is 9.04. The van der Waals surface area contributed by atoms with Crippen LogP contribution in [0.25, 0.3) is 0 Å². The van der Waals surface area contributed by atoms with Gasteiger partial charge in [-0.25, -0.2) is 9.97 Å². The van der Waals surface area contributed by atoms with E-state index in [1.165, 1.54) is 17.3 Å². The van der Waals surface area contributed by atoms with E-state index in [0.717, 1.165) is 24.5 Å². The number of hydrogen-bond acceptors (Lipinski definition) is 5. The molecular weight excluding hydrogens is 344 g/mol. The van der Waals surface area contributed by atoms with Gasteiger partial charge in [-0.05, 0) is 38.6 Å². The molecule has 0 fully saturated rings. The number of likely N-dealkylation sites (N-methyl/N-ethyl adjacent to an activating group) is 1. The van der Waals surface area contributed by atoms with Crippen molar-refractivity contribution in [3.8, 4) is 0 Å². The Bertz CT molecular complexity index is 684. The van der Waals surface area contributed by atoms with Crippen LogP contribution in [0.5, 0.6) is 0 Å². The largest absolute Gasteiger partial charge is 0.353 e. The monoisotopic (exact) mass is 372 g/mol. The summed E-state index contributed by atoms with van der Waals surface area (Å²) in [5, 5.41) is 3.73. The van der Waals surface area contributed by atoms with Gasteiger partial charge in [-0.3, -0.25) is 9.69 Å². The highest BCUT2D eigenvalue weighted by atomic mass is 32.2. The van der Waals surface area contributed by atoms with Crippen molar-refractivity contribution in [3.63, 3.8) is 0 Å². The number of carbonyl (C=O) groups excluding carboxylic acids is 1. The molecule has 26 heavy (non-hydrogen) atoms. The van der Waals surface area contributed by atoms with Crippen LogP contribution in [0.1, 0.15) is 36.8 Å². The molecule has 1 heterocycles. The van der Waals surface area contributed by atoms with Crippen LogP contribution < -0.4 is 5.32 Å². The Morgan fingerprint density at radius 2 is 1.73 bits per heavy atom. The molecule has 0 radical (unpaired) electrons. The standard InChI is InChI=1S/C20H28N4OS/c1-5-24(6-2)18(17-10-8-7-9-11-17)13-21-19(25)14-26-20-22-15(3)12-16(4)23-20/h7-12,18H,5-6,13-14H2,1-4H3,(H,21,25). The molecule has 0 spiro atoms. The summed E-state index contributed by atoms with van der Waals surface area (Å²) in [7, 11) is 0. The number of hydrogen-bond donors (Lipinski definition) is 1. The van der Waals surface area contributed by atoms with Crippen LogP contribution in [-0.4, -0.2) is 46.2 Å². The maximum absolute atomic E-state index is 12.3. The molecule has 2 rings (SSSR count). The highest BCUT2D eigenvalue weighted by Crippen LogP contribution is 2.20. The van der Waals surface area contributed by atoms with Gasteiger partial charge in [0.2, 0.25) is 5.91 Å². The first kappa shape index (κ1) is 20.4. The van der Waals surface area contributed by atoms with E-state index in [2.05, 4.69) is 46.2 Å². The molecular formula is C20H28N4OS. The quantitative estimate of drug-likeness (QED) is 0.540. The van der Waals surface area contributed by atoms with Gasteiger partial charge in [0.1, 0.15) is 0 Å². The Morgan fingerprint density at radius 1 is 1.12 bits per heavy atom. The number of carbonyl (C=O) groups is 1. The first-order chi connectivity index (χ1) is 12.5. The number of aryl methyl sites for hydroxylation is 2. The van der Waals surface area contributed by atoms with Gasteiger partial charge in [0.15, 0.2) is 5.16 Å². The Morgan fingerprint density at radius 3 is 2.31 bits per heavy atom. The van der Waals surface area contributed by atoms with Crippen LogP contribution in [0.3, 0.4) is 0 Å². The third kappa shape index (κ3) is 6.11. The van der Waals surface area contributed by atoms with Gasteiger partial charge in [-0.1, -0.05) is 55.9 Å². The van der Waals surface area contributed by atoms with Crippen molar-refractivity contribution in [2.45, 2.75) is 38.9 Å². The van der Waals surface area contributed by atoms with E-state index in [-0.39, 0.29) is 11.9 Å². The average Bonchev–Trinajstić information content (AvgIpc) is 2.63. The minimum Gasteiger partial charge on any atom is -0.353 e. The molecule has 1 aromatic carbocycles. The van der Waals surface area contributed by atoms with Gasteiger partial charge in [0, 0.05) is 17.9 Å². The van der Waals surface area contributed by atoms with Gasteiger partial charge in [0.25, 0.3) is 0 Å². The zero-order valence-electron chi connectivity index (χ0n) is 16.0. The fraction of sp³-hybridized carbons (Fsp3) is 0.450. The molecule has 140 valence electrons. The Kier molecular flexibility index (Phi) is 8.06. The summed E-state index contributed by atoms with van der Waals surface area (Å²) in [6, 6.07) is 12.4. The topological polar surface area (TPSA) is 58.1 Å². The molecule has 1 N–H and O–H groups in total. The van der Waals surface area contributed by atoms with Crippen molar-refractivity contribution in [3.05, 3.63) is 53.3 Å². The molecule has 0 aliphatic heterocycles. The fourth-order valence-electron chi connectivity index (χ4n) is 2.95. The predicted octanol–water partition coefficient (Wildman–Crippen LogP) is 3.38. The SMILES string of the molecule is CCN(CC)C(CNC(=O)CSc1nc(C)cc(C)n1)c1ccccc1. The van der Waals surface area contributed by atoms with Crippen LogP contribution in [0.15, 0.2) is 41.6 Å². The van der Waals surface area contributed by atoms with Crippen LogP contribution in [0, 0.1) is 13.8 Å². The molecule has 6 heteroatoms. The molecule has 0 aliphatic rings. The molecule has 5 nitrogen and oxygen atoms in total. The molecule has 2 aromatic rings. The van der Waals surface area contributed by atoms with Crippen LogP contribution >= 0.6 is 11.8 Å². The lowest BCUT2D eigenvalue weighted by molar-refractivity contribution is -0.118. The summed E-state index contributed by atoms with van der Waals surface area (Å²) in [6.07, 6.45) is 0. The summed E-state index contributed by atoms with van der Waals surface area (Å²) in [5.41, 5.74) is 3.07. The maximum Gasteiger partial charge on any atom is 0.230 e. The van der Waals surface area contributed by atoms with E-state index < -0.39 is 0 Å². The smallest absolute Gasteiger partial charge is 0.230 e. The second-order valence-corrected chi connectivity index (χ2v) is 7.12. The molecule has 1 aromatic heterocycles. The number of benzene rings is 1. The summed E-state index contributed by atoms with van der Waals surface area (Å²) in [4.78, 5) is 23.4. The van der Waals surface area contributed by atoms with Gasteiger partial charge >= 0.3 is 0 Å². The first-order valence-corrected chi connectivity index (χ1v) is 10.0. The van der Waals surface area contributed by atoms with Crippen molar-refractivity contribution in [2.75, 3.05) is 25.4 Å². The van der Waals surface area contributed by atoms with E-state index in [0.29, 0.717) is 17.5 Å². The van der Waals surface area contributed by atoms with Crippen molar-refractivity contribution in [1.29, 1.82) is 0 Å². The second kappa shape index (κ2) is 10.3. The number of nitrogens with zero attached hydrogens (tertiary/aromatic N) is 3. The van der Waals surface area contributed by atoms with Crippen LogP contribution in [0.4, 0.5) is 0 Å². The number of rotatable bonds is 9. The average molecular weight is 373 g/mol. The third-order valence-corrected chi connectivity index (χ3v) is 5.07. The minimum absolute atomic E-state index is 0.00541. The number of nitrogens with one attached hydrogen (secondary N) is 1. The number of aromatic nitrogens is 2. The summed E-state index contributed by atoms with van der Waals surface area (Å²) >= 11 is 1.38. The van der Waals surface area contributed by atoms with Crippen molar-refractivity contribution in [1.82, 2.24) is 20.2 Å². The van der Waals surface area contributed by atoms with Crippen LogP contribution in [0.2, 0.25) is 0 Å². The zero-order valence-corrected chi connectivity index (χ0v) is 16.8. The lowest BCUT2D eigenvalue weighted by Gasteiger charge is -2.30. The van der Waals surface area contributed by atoms with E-state index >= 15 is 0 Å². The molecule has 1 amide bonds. The predicted molar refractivity (Wildman–Crippen MR) is 107 cm³/mol. The minimum atomic E-state index is 0.00541. The Labute approximate surface area is 160 Å². The van der Waals surface area contributed by atoms with Gasteiger partial charge in [-0.15, -0.1) is 0 Å². The molecule has 0 saturated heterocycles. The van der Waals surface area contributed by atoms with E-state index in [1.807, 2.05) is 38.1 Å². The Hall–Kier alpha value is -1.92. The molecule has 0 bridgehead atoms. The highest BCUT2D eigenvalue weighted by molar-refractivity contribution is 7.99. The summed E-state index contributed by atoms with van der Waals surface area (Å²) in [6.45, 7) is 10.6. The van der Waals surface area contributed by atoms with Gasteiger partial charge in [-0.2, -0.15) is 0 Å². The lowest BCUT2D eigenvalue weighted by Crippen LogP contribution is -2.38. The zero-order chi connectivity index (χ0) is 18.9. The third-order valence-electron chi connectivity index (χ3n) is 4.22. The van der Waals surface area contributed by atoms with Gasteiger partial charge < -0.3 is 5.32 Å². The van der Waals surface area contributed by atoms with E-state index in [9.17, 15) is 4.79 Å². The molecule has 0 saturated carbocycles. The van der Waals surface area contributed by atoms with Crippen LogP contribution in [-0.2, 0) is 4.79 Å². The van der Waals surface area contributed by atoms with Crippen molar-refractivity contribution < 1.29 is 4.79 Å². The van der Waals surface area contributed by atoms with Gasteiger partial charge in [0.05, 0.1) is 11.8 Å². The van der Waals surface area contributed by atoms with E-state index in [4.69, 9.17) is 0 Å². The Balaban J connectivity index is 1.94. The summed E-state index contributed by atoms with van der Waals surface area (Å²) < 4.78 is 0. The van der Waals surface area contributed by atoms with Crippen molar-refractivity contribution in [2.24, 2.45) is 0 Å². The molecule has 1 atom stereocenters. The molecule has 0 aliphatic carbocycles. The van der Waals surface area contributed by atoms with E-state index in [1.54, 1.807) is 0 Å². The lowest BCUT2D eigenvalue weighted by atomic mass is 10.1. The number of thioether (sulfide) groups is 1. The highest BCUT2D eigenvalue weighted by Gasteiger charge is 2.18. The normalized spacial score (nSPS) is 12.2. The summed E-state index contributed by atoms with van der Waals surface area (Å²) in [5.74, 6) is 0.327. The fourth-order valence-corrected chi connectivity index (χ4v) is 3.73. The van der Waals surface area contributed by atoms with Crippen molar-refractivity contribution >= 4 is 17.7 Å². The molecule has 1 unspecified atom stereocenters. The number of amides is 1. The maximum atomic E-state index is 12.3. The second-order valence-electron chi connectivity index (χ2n) is 6.17.